The zero-order valence-corrected chi connectivity index (χ0v) is 15.1. The second kappa shape index (κ2) is 7.88. The number of benzene rings is 1. The number of nitrogens with zero attached hydrogens (tertiary/aromatic N) is 4. The molecule has 1 atom stereocenters. The lowest BCUT2D eigenvalue weighted by atomic mass is 10.1. The lowest BCUT2D eigenvalue weighted by molar-refractivity contribution is -0.143. The number of nitrogen functional groups attached to an aromatic ring is 1. The van der Waals surface area contributed by atoms with Gasteiger partial charge in [0.15, 0.2) is 0 Å². The van der Waals surface area contributed by atoms with Gasteiger partial charge in [0.25, 0.3) is 0 Å². The number of aromatic nitrogens is 3. The van der Waals surface area contributed by atoms with Crippen LogP contribution in [0.25, 0.3) is 5.69 Å². The smallest absolute Gasteiger partial charge is 0.325 e. The van der Waals surface area contributed by atoms with Gasteiger partial charge in [-0.25, -0.2) is 9.67 Å². The molecule has 1 unspecified atom stereocenters. The highest BCUT2D eigenvalue weighted by Crippen LogP contribution is 2.22. The third-order valence-electron chi connectivity index (χ3n) is 4.19. The highest BCUT2D eigenvalue weighted by atomic mass is 16.5. The number of carbonyl (C=O) groups is 1. The van der Waals surface area contributed by atoms with Crippen molar-refractivity contribution in [3.05, 3.63) is 66.1 Å². The maximum atomic E-state index is 11.8. The molecule has 140 valence electrons. The molecule has 1 aromatic carbocycles. The number of carboxylic acid groups (broad SMARTS) is 1. The quantitative estimate of drug-likeness (QED) is 0.659. The summed E-state index contributed by atoms with van der Waals surface area (Å²) in [7, 11) is 3.36. The fourth-order valence-corrected chi connectivity index (χ4v) is 2.88. The van der Waals surface area contributed by atoms with E-state index in [1.54, 1.807) is 42.1 Å². The topological polar surface area (TPSA) is 106 Å². The van der Waals surface area contributed by atoms with Crippen molar-refractivity contribution in [2.45, 2.75) is 12.6 Å². The Morgan fingerprint density at radius 2 is 2.15 bits per heavy atom. The van der Waals surface area contributed by atoms with Crippen molar-refractivity contribution in [3.63, 3.8) is 0 Å². The van der Waals surface area contributed by atoms with Gasteiger partial charge in [0.2, 0.25) is 0 Å². The summed E-state index contributed by atoms with van der Waals surface area (Å²) in [5.74, 6) is 0.137. The molecule has 0 saturated heterocycles. The molecule has 0 aliphatic rings. The Labute approximate surface area is 156 Å². The van der Waals surface area contributed by atoms with Gasteiger partial charge in [-0.3, -0.25) is 9.69 Å². The number of rotatable bonds is 7. The first-order chi connectivity index (χ1) is 13.0. The summed E-state index contributed by atoms with van der Waals surface area (Å²) in [5.41, 5.74) is 7.90. The fourth-order valence-electron chi connectivity index (χ4n) is 2.88. The molecule has 8 heteroatoms. The van der Waals surface area contributed by atoms with Crippen LogP contribution < -0.4 is 10.5 Å². The minimum atomic E-state index is -0.954. The third-order valence-corrected chi connectivity index (χ3v) is 4.19. The fraction of sp³-hybridized carbons (Fsp3) is 0.211. The number of carboxylic acids is 1. The van der Waals surface area contributed by atoms with E-state index < -0.39 is 12.0 Å². The van der Waals surface area contributed by atoms with Crippen LogP contribution in [0.2, 0.25) is 0 Å². The van der Waals surface area contributed by atoms with Crippen molar-refractivity contribution in [1.82, 2.24) is 19.7 Å². The first-order valence-corrected chi connectivity index (χ1v) is 8.30. The van der Waals surface area contributed by atoms with E-state index in [1.165, 1.54) is 6.20 Å². The molecule has 0 radical (unpaired) electrons. The van der Waals surface area contributed by atoms with Crippen LogP contribution >= 0.6 is 0 Å². The Morgan fingerprint density at radius 3 is 2.81 bits per heavy atom. The standard InChI is InChI=1S/C19H21N5O3/c1-23(18(19(25)26)14-6-7-17(20)21-10-14)11-13-9-22-24(12-13)15-4-3-5-16(8-15)27-2/h3-10,12,18H,11H2,1-2H3,(H2,20,21)(H,25,26). The normalized spacial score (nSPS) is 12.1. The first kappa shape index (κ1) is 18.4. The molecule has 0 spiro atoms. The SMILES string of the molecule is COc1cccc(-n2cc(CN(C)C(C(=O)O)c3ccc(N)nc3)cn2)c1. The Kier molecular flexibility index (Phi) is 5.37. The molecule has 8 nitrogen and oxygen atoms in total. The molecular weight excluding hydrogens is 346 g/mol. The first-order valence-electron chi connectivity index (χ1n) is 8.30. The van der Waals surface area contributed by atoms with Crippen molar-refractivity contribution >= 4 is 11.8 Å². The largest absolute Gasteiger partial charge is 0.497 e. The van der Waals surface area contributed by atoms with E-state index in [1.807, 2.05) is 30.5 Å². The summed E-state index contributed by atoms with van der Waals surface area (Å²) in [5, 5.41) is 14.0. The summed E-state index contributed by atoms with van der Waals surface area (Å²) < 4.78 is 6.96. The van der Waals surface area contributed by atoms with Crippen molar-refractivity contribution in [3.8, 4) is 11.4 Å². The maximum Gasteiger partial charge on any atom is 0.325 e. The van der Waals surface area contributed by atoms with Crippen LogP contribution in [0, 0.1) is 0 Å². The Morgan fingerprint density at radius 1 is 1.33 bits per heavy atom. The molecule has 0 amide bonds. The van der Waals surface area contributed by atoms with E-state index in [2.05, 4.69) is 10.1 Å². The minimum absolute atomic E-state index is 0.352. The molecule has 0 saturated carbocycles. The van der Waals surface area contributed by atoms with Crippen molar-refractivity contribution in [2.75, 3.05) is 19.9 Å². The number of nitrogens with two attached hydrogens (primary N) is 1. The number of hydrogen-bond donors (Lipinski definition) is 2. The van der Waals surface area contributed by atoms with Crippen LogP contribution in [0.1, 0.15) is 17.2 Å². The van der Waals surface area contributed by atoms with E-state index in [0.717, 1.165) is 17.0 Å². The molecule has 2 heterocycles. The summed E-state index contributed by atoms with van der Waals surface area (Å²) in [4.78, 5) is 17.5. The van der Waals surface area contributed by atoms with E-state index in [0.29, 0.717) is 17.9 Å². The van der Waals surface area contributed by atoms with Gasteiger partial charge >= 0.3 is 5.97 Å². The molecule has 3 rings (SSSR count). The number of likely N-dealkylation sites (N-methyl/N-ethyl adjacent to an activating group) is 1. The number of anilines is 1. The predicted molar refractivity (Wildman–Crippen MR) is 101 cm³/mol. The highest BCUT2D eigenvalue weighted by Gasteiger charge is 2.25. The van der Waals surface area contributed by atoms with Crippen LogP contribution in [0.15, 0.2) is 55.0 Å². The second-order valence-corrected chi connectivity index (χ2v) is 6.17. The van der Waals surface area contributed by atoms with Gasteiger partial charge in [0.1, 0.15) is 17.6 Å². The van der Waals surface area contributed by atoms with Crippen LogP contribution in [0.3, 0.4) is 0 Å². The van der Waals surface area contributed by atoms with E-state index >= 15 is 0 Å². The molecular formula is C19H21N5O3. The van der Waals surface area contributed by atoms with Crippen LogP contribution in [0.5, 0.6) is 5.75 Å². The number of aliphatic carboxylic acids is 1. The summed E-state index contributed by atoms with van der Waals surface area (Å²) in [6.45, 7) is 0.408. The molecule has 27 heavy (non-hydrogen) atoms. The molecule has 0 aliphatic carbocycles. The lowest BCUT2D eigenvalue weighted by Gasteiger charge is -2.24. The molecule has 3 aromatic rings. The molecule has 0 aliphatic heterocycles. The lowest BCUT2D eigenvalue weighted by Crippen LogP contribution is -2.30. The van der Waals surface area contributed by atoms with Crippen LogP contribution in [0.4, 0.5) is 5.82 Å². The van der Waals surface area contributed by atoms with E-state index in [-0.39, 0.29) is 0 Å². The van der Waals surface area contributed by atoms with E-state index in [4.69, 9.17) is 10.5 Å². The van der Waals surface area contributed by atoms with Gasteiger partial charge in [0, 0.05) is 30.6 Å². The monoisotopic (exact) mass is 367 g/mol. The zero-order chi connectivity index (χ0) is 19.4. The average Bonchev–Trinajstić information content (AvgIpc) is 3.12. The molecule has 2 aromatic heterocycles. The van der Waals surface area contributed by atoms with Gasteiger partial charge in [-0.05, 0) is 30.8 Å². The summed E-state index contributed by atoms with van der Waals surface area (Å²) >= 11 is 0. The van der Waals surface area contributed by atoms with Gasteiger partial charge in [0.05, 0.1) is 19.0 Å². The minimum Gasteiger partial charge on any atom is -0.497 e. The Bertz CT molecular complexity index is 923. The predicted octanol–water partition coefficient (Wildman–Crippen LogP) is 2.12. The molecule has 3 N–H and O–H groups in total. The van der Waals surface area contributed by atoms with Crippen LogP contribution in [-0.2, 0) is 11.3 Å². The van der Waals surface area contributed by atoms with Gasteiger partial charge in [-0.15, -0.1) is 0 Å². The molecule has 0 bridgehead atoms. The average molecular weight is 367 g/mol. The van der Waals surface area contributed by atoms with Crippen molar-refractivity contribution in [2.24, 2.45) is 0 Å². The zero-order valence-electron chi connectivity index (χ0n) is 15.1. The third kappa shape index (κ3) is 4.24. The van der Waals surface area contributed by atoms with Gasteiger partial charge in [-0.1, -0.05) is 12.1 Å². The van der Waals surface area contributed by atoms with Crippen molar-refractivity contribution < 1.29 is 14.6 Å². The Balaban J connectivity index is 1.78. The number of methoxy groups -OCH3 is 1. The number of hydrogen-bond acceptors (Lipinski definition) is 6. The van der Waals surface area contributed by atoms with E-state index in [9.17, 15) is 9.90 Å². The maximum absolute atomic E-state index is 11.8. The van der Waals surface area contributed by atoms with Gasteiger partial charge in [-0.2, -0.15) is 5.10 Å². The second-order valence-electron chi connectivity index (χ2n) is 6.17. The number of ether oxygens (including phenoxy) is 1. The van der Waals surface area contributed by atoms with Crippen LogP contribution in [-0.4, -0.2) is 44.9 Å². The molecule has 0 fully saturated rings. The number of pyridine rings is 1. The highest BCUT2D eigenvalue weighted by molar-refractivity contribution is 5.75. The van der Waals surface area contributed by atoms with Crippen molar-refractivity contribution in [1.29, 1.82) is 0 Å². The summed E-state index contributed by atoms with van der Waals surface area (Å²) in [6, 6.07) is 9.98. The Hall–Kier alpha value is -3.39. The van der Waals surface area contributed by atoms with Gasteiger partial charge < -0.3 is 15.6 Å². The summed E-state index contributed by atoms with van der Waals surface area (Å²) in [6.07, 6.45) is 5.08.